The zero-order valence-electron chi connectivity index (χ0n) is 14.2. The van der Waals surface area contributed by atoms with E-state index < -0.39 is 0 Å². The molecule has 0 saturated heterocycles. The smallest absolute Gasteiger partial charge is 0.256 e. The van der Waals surface area contributed by atoms with Gasteiger partial charge in [-0.3, -0.25) is 4.79 Å². The number of aromatic nitrogens is 6. The van der Waals surface area contributed by atoms with Crippen molar-refractivity contribution < 1.29 is 4.74 Å². The summed E-state index contributed by atoms with van der Waals surface area (Å²) in [5.41, 5.74) is 2.99. The van der Waals surface area contributed by atoms with Crippen LogP contribution in [0, 0.1) is 6.92 Å². The van der Waals surface area contributed by atoms with Crippen LogP contribution in [0.4, 0.5) is 5.82 Å². The Kier molecular flexibility index (Phi) is 3.92. The monoisotopic (exact) mass is 341 g/mol. The van der Waals surface area contributed by atoms with Crippen LogP contribution in [-0.2, 0) is 24.2 Å². The Hall–Kier alpha value is -2.81. The number of rotatable bonds is 4. The number of aryl methyl sites for hydroxylation is 1. The van der Waals surface area contributed by atoms with Crippen molar-refractivity contribution in [3.8, 4) is 0 Å². The third-order valence-corrected chi connectivity index (χ3v) is 4.40. The number of fused-ring (bicyclic) bond motifs is 2. The van der Waals surface area contributed by atoms with Crippen LogP contribution in [0.5, 0.6) is 0 Å². The third-order valence-electron chi connectivity index (χ3n) is 4.40. The lowest BCUT2D eigenvalue weighted by Gasteiger charge is -2.28. The molecule has 0 spiro atoms. The molecule has 9 heteroatoms. The summed E-state index contributed by atoms with van der Waals surface area (Å²) in [6.45, 7) is 4.26. The van der Waals surface area contributed by atoms with Crippen LogP contribution in [0.1, 0.15) is 17.1 Å². The van der Waals surface area contributed by atoms with E-state index >= 15 is 0 Å². The molecule has 3 aromatic rings. The number of H-pyrrole nitrogens is 1. The van der Waals surface area contributed by atoms with Gasteiger partial charge in [-0.15, -0.1) is 0 Å². The van der Waals surface area contributed by atoms with Gasteiger partial charge in [0.1, 0.15) is 12.2 Å². The average molecular weight is 341 g/mol. The van der Waals surface area contributed by atoms with Crippen LogP contribution in [0.15, 0.2) is 17.4 Å². The fourth-order valence-electron chi connectivity index (χ4n) is 3.18. The summed E-state index contributed by atoms with van der Waals surface area (Å²) < 4.78 is 7.07. The van der Waals surface area contributed by atoms with E-state index in [9.17, 15) is 4.79 Å². The van der Waals surface area contributed by atoms with Crippen molar-refractivity contribution in [2.45, 2.75) is 26.4 Å². The van der Waals surface area contributed by atoms with Crippen molar-refractivity contribution in [3.63, 3.8) is 0 Å². The maximum Gasteiger partial charge on any atom is 0.256 e. The van der Waals surface area contributed by atoms with Crippen molar-refractivity contribution in [1.82, 2.24) is 29.5 Å². The van der Waals surface area contributed by atoms with Gasteiger partial charge >= 0.3 is 0 Å². The van der Waals surface area contributed by atoms with E-state index in [4.69, 9.17) is 4.74 Å². The largest absolute Gasteiger partial charge is 0.383 e. The molecule has 0 atom stereocenters. The minimum atomic E-state index is -0.0804. The molecular weight excluding hydrogens is 322 g/mol. The van der Waals surface area contributed by atoms with Gasteiger partial charge in [0.15, 0.2) is 17.0 Å². The number of aromatic amines is 1. The molecule has 0 saturated carbocycles. The molecule has 3 aromatic heterocycles. The number of hydrogen-bond donors (Lipinski definition) is 1. The zero-order valence-corrected chi connectivity index (χ0v) is 14.2. The van der Waals surface area contributed by atoms with E-state index in [0.717, 1.165) is 29.2 Å². The Bertz CT molecular complexity index is 978. The first kappa shape index (κ1) is 15.7. The maximum atomic E-state index is 12.3. The topological polar surface area (TPSA) is 102 Å². The predicted molar refractivity (Wildman–Crippen MR) is 91.5 cm³/mol. The van der Waals surface area contributed by atoms with Crippen LogP contribution in [-0.4, -0.2) is 49.7 Å². The number of hydrogen-bond acceptors (Lipinski definition) is 7. The van der Waals surface area contributed by atoms with E-state index in [1.807, 2.05) is 4.57 Å². The van der Waals surface area contributed by atoms with E-state index in [-0.39, 0.29) is 5.56 Å². The lowest BCUT2D eigenvalue weighted by atomic mass is 10.1. The SMILES string of the molecule is COCCn1cnc2c(N3CCc4nc(C)[nH]c(=O)c4C3)ncnc21. The van der Waals surface area contributed by atoms with Gasteiger partial charge in [0.05, 0.1) is 30.7 Å². The molecule has 4 rings (SSSR count). The normalized spacial score (nSPS) is 14.1. The van der Waals surface area contributed by atoms with E-state index in [1.54, 1.807) is 20.4 Å². The molecule has 0 aromatic carbocycles. The summed E-state index contributed by atoms with van der Waals surface area (Å²) in [6, 6.07) is 0. The first-order valence-corrected chi connectivity index (χ1v) is 8.15. The van der Waals surface area contributed by atoms with Gasteiger partial charge in [0.2, 0.25) is 0 Å². The molecule has 0 unspecified atom stereocenters. The highest BCUT2D eigenvalue weighted by molar-refractivity contribution is 5.83. The van der Waals surface area contributed by atoms with Gasteiger partial charge in [-0.1, -0.05) is 0 Å². The van der Waals surface area contributed by atoms with Gasteiger partial charge in [-0.25, -0.2) is 19.9 Å². The number of nitrogens with one attached hydrogen (secondary N) is 1. The van der Waals surface area contributed by atoms with Crippen LogP contribution in [0.25, 0.3) is 11.2 Å². The summed E-state index contributed by atoms with van der Waals surface area (Å²) >= 11 is 0. The summed E-state index contributed by atoms with van der Waals surface area (Å²) in [7, 11) is 1.66. The predicted octanol–water partition coefficient (Wildman–Crippen LogP) is 0.427. The van der Waals surface area contributed by atoms with E-state index in [2.05, 4.69) is 29.8 Å². The third kappa shape index (κ3) is 2.76. The Labute approximate surface area is 143 Å². The molecule has 130 valence electrons. The van der Waals surface area contributed by atoms with Gasteiger partial charge in [-0.2, -0.15) is 0 Å². The Morgan fingerprint density at radius 1 is 1.32 bits per heavy atom. The molecule has 25 heavy (non-hydrogen) atoms. The first-order chi connectivity index (χ1) is 12.2. The standard InChI is InChI=1S/C16H19N7O2/c1-10-20-12-3-4-22(7-11(12)16(24)21-10)14-13-15(18-8-17-14)23(9-19-13)5-6-25-2/h8-9H,3-7H2,1-2H3,(H,20,21,24). The first-order valence-electron chi connectivity index (χ1n) is 8.15. The molecule has 1 aliphatic rings. The summed E-state index contributed by atoms with van der Waals surface area (Å²) in [6.07, 6.45) is 3.99. The number of methoxy groups -OCH3 is 1. The Balaban J connectivity index is 1.71. The van der Waals surface area contributed by atoms with Crippen molar-refractivity contribution in [1.29, 1.82) is 0 Å². The van der Waals surface area contributed by atoms with Crippen molar-refractivity contribution in [3.05, 3.63) is 40.1 Å². The second-order valence-electron chi connectivity index (χ2n) is 6.05. The molecule has 4 heterocycles. The molecule has 0 aliphatic carbocycles. The van der Waals surface area contributed by atoms with Gasteiger partial charge in [-0.05, 0) is 6.92 Å². The highest BCUT2D eigenvalue weighted by Crippen LogP contribution is 2.25. The van der Waals surface area contributed by atoms with Gasteiger partial charge in [0, 0.05) is 26.6 Å². The second-order valence-corrected chi connectivity index (χ2v) is 6.05. The molecule has 0 fully saturated rings. The lowest BCUT2D eigenvalue weighted by Crippen LogP contribution is -2.36. The molecule has 0 amide bonds. The lowest BCUT2D eigenvalue weighted by molar-refractivity contribution is 0.188. The maximum absolute atomic E-state index is 12.3. The summed E-state index contributed by atoms with van der Waals surface area (Å²) in [5, 5.41) is 0. The molecule has 0 radical (unpaired) electrons. The van der Waals surface area contributed by atoms with Gasteiger partial charge in [0.25, 0.3) is 5.56 Å². The number of imidazole rings is 1. The van der Waals surface area contributed by atoms with E-state index in [0.29, 0.717) is 37.5 Å². The second kappa shape index (κ2) is 6.25. The fraction of sp³-hybridized carbons (Fsp3) is 0.438. The van der Waals surface area contributed by atoms with Crippen molar-refractivity contribution in [2.75, 3.05) is 25.2 Å². The number of ether oxygens (including phenoxy) is 1. The minimum absolute atomic E-state index is 0.0804. The highest BCUT2D eigenvalue weighted by atomic mass is 16.5. The quantitative estimate of drug-likeness (QED) is 0.734. The summed E-state index contributed by atoms with van der Waals surface area (Å²) in [5.74, 6) is 1.39. The van der Waals surface area contributed by atoms with Crippen molar-refractivity contribution >= 4 is 17.0 Å². The molecule has 0 bridgehead atoms. The molecule has 1 aliphatic heterocycles. The van der Waals surface area contributed by atoms with Crippen molar-refractivity contribution in [2.24, 2.45) is 0 Å². The van der Waals surface area contributed by atoms with E-state index in [1.165, 1.54) is 6.33 Å². The number of nitrogens with zero attached hydrogens (tertiary/aromatic N) is 6. The van der Waals surface area contributed by atoms with Crippen LogP contribution >= 0.6 is 0 Å². The zero-order chi connectivity index (χ0) is 17.4. The average Bonchev–Trinajstić information content (AvgIpc) is 3.03. The highest BCUT2D eigenvalue weighted by Gasteiger charge is 2.24. The molecule has 1 N–H and O–H groups in total. The number of anilines is 1. The Morgan fingerprint density at radius 3 is 3.04 bits per heavy atom. The fourth-order valence-corrected chi connectivity index (χ4v) is 3.18. The van der Waals surface area contributed by atoms with Crippen LogP contribution in [0.2, 0.25) is 0 Å². The van der Waals surface area contributed by atoms with Crippen LogP contribution < -0.4 is 10.5 Å². The summed E-state index contributed by atoms with van der Waals surface area (Å²) in [4.78, 5) is 34.8. The van der Waals surface area contributed by atoms with Crippen LogP contribution in [0.3, 0.4) is 0 Å². The Morgan fingerprint density at radius 2 is 2.20 bits per heavy atom. The minimum Gasteiger partial charge on any atom is -0.383 e. The van der Waals surface area contributed by atoms with Gasteiger partial charge < -0.3 is 19.2 Å². The molecule has 9 nitrogen and oxygen atoms in total. The molecular formula is C16H19N7O2.